The van der Waals surface area contributed by atoms with E-state index in [9.17, 15) is 0 Å². The smallest absolute Gasteiger partial charge is 0.100 e. The fourth-order valence-electron chi connectivity index (χ4n) is 1.83. The molecular weight excluding hydrogens is 194 g/mol. The van der Waals surface area contributed by atoms with Crippen molar-refractivity contribution in [1.82, 2.24) is 5.32 Å². The average molecular weight is 211 g/mol. The van der Waals surface area contributed by atoms with E-state index in [1.54, 1.807) is 12.5 Å². The Morgan fingerprint density at radius 1 is 1.53 bits per heavy atom. The minimum atomic E-state index is 0.0799. The minimum Gasteiger partial charge on any atom is -0.472 e. The quantitative estimate of drug-likeness (QED) is 0.816. The van der Waals surface area contributed by atoms with Crippen molar-refractivity contribution in [3.63, 3.8) is 0 Å². The maximum absolute atomic E-state index is 5.69. The van der Waals surface area contributed by atoms with Crippen molar-refractivity contribution >= 4 is 0 Å². The second kappa shape index (κ2) is 5.30. The summed E-state index contributed by atoms with van der Waals surface area (Å²) in [5.41, 5.74) is 1.12. The molecule has 1 fully saturated rings. The first-order valence-corrected chi connectivity index (χ1v) is 5.36. The molecule has 1 aromatic rings. The van der Waals surface area contributed by atoms with Crippen molar-refractivity contribution in [2.75, 3.05) is 26.4 Å². The normalized spacial score (nSPS) is 23.9. The van der Waals surface area contributed by atoms with E-state index < -0.39 is 0 Å². The van der Waals surface area contributed by atoms with E-state index in [2.05, 4.69) is 12.2 Å². The Kier molecular flexibility index (Phi) is 3.77. The number of ether oxygens (including phenoxy) is 2. The molecular formula is C11H17NO3. The molecule has 2 atom stereocenters. The second-order valence-electron chi connectivity index (χ2n) is 3.58. The molecule has 2 unspecified atom stereocenters. The number of hydrogen-bond acceptors (Lipinski definition) is 4. The van der Waals surface area contributed by atoms with Crippen LogP contribution in [-0.4, -0.2) is 32.5 Å². The Hall–Kier alpha value is -0.840. The lowest BCUT2D eigenvalue weighted by Gasteiger charge is -2.30. The van der Waals surface area contributed by atoms with Crippen molar-refractivity contribution in [1.29, 1.82) is 0 Å². The van der Waals surface area contributed by atoms with Gasteiger partial charge in [0.2, 0.25) is 0 Å². The highest BCUT2D eigenvalue weighted by atomic mass is 16.6. The maximum Gasteiger partial charge on any atom is 0.100 e. The van der Waals surface area contributed by atoms with Gasteiger partial charge < -0.3 is 19.2 Å². The topological polar surface area (TPSA) is 43.6 Å². The first-order valence-electron chi connectivity index (χ1n) is 5.36. The summed E-state index contributed by atoms with van der Waals surface area (Å²) < 4.78 is 16.2. The maximum atomic E-state index is 5.69. The number of hydrogen-bond donors (Lipinski definition) is 1. The van der Waals surface area contributed by atoms with Crippen molar-refractivity contribution in [2.45, 2.75) is 19.1 Å². The van der Waals surface area contributed by atoms with Crippen LogP contribution in [0, 0.1) is 0 Å². The molecule has 1 N–H and O–H groups in total. The van der Waals surface area contributed by atoms with Crippen LogP contribution in [0.3, 0.4) is 0 Å². The standard InChI is InChI=1S/C11H17NO3/c1-2-12-11(9-3-4-13-7-9)10-8-14-5-6-15-10/h3-4,7,10-12H,2,5-6,8H2,1H3. The van der Waals surface area contributed by atoms with Gasteiger partial charge in [-0.2, -0.15) is 0 Å². The predicted octanol–water partition coefficient (Wildman–Crippen LogP) is 1.35. The third-order valence-corrected chi connectivity index (χ3v) is 2.54. The van der Waals surface area contributed by atoms with Crippen LogP contribution in [0.25, 0.3) is 0 Å². The van der Waals surface area contributed by atoms with Gasteiger partial charge in [0.05, 0.1) is 38.4 Å². The van der Waals surface area contributed by atoms with Gasteiger partial charge in [-0.3, -0.25) is 0 Å². The van der Waals surface area contributed by atoms with Crippen LogP contribution in [-0.2, 0) is 9.47 Å². The molecule has 15 heavy (non-hydrogen) atoms. The molecule has 0 amide bonds. The zero-order valence-corrected chi connectivity index (χ0v) is 8.94. The second-order valence-corrected chi connectivity index (χ2v) is 3.58. The van der Waals surface area contributed by atoms with Gasteiger partial charge in [-0.25, -0.2) is 0 Å². The van der Waals surface area contributed by atoms with Crippen molar-refractivity contribution < 1.29 is 13.9 Å². The zero-order valence-electron chi connectivity index (χ0n) is 8.94. The van der Waals surface area contributed by atoms with E-state index in [0.29, 0.717) is 19.8 Å². The summed E-state index contributed by atoms with van der Waals surface area (Å²) in [4.78, 5) is 0. The Balaban J connectivity index is 2.04. The largest absolute Gasteiger partial charge is 0.472 e. The number of nitrogens with one attached hydrogen (secondary N) is 1. The highest BCUT2D eigenvalue weighted by Gasteiger charge is 2.26. The molecule has 0 aromatic carbocycles. The molecule has 1 aliphatic rings. The van der Waals surface area contributed by atoms with Gasteiger partial charge in [0.15, 0.2) is 0 Å². The van der Waals surface area contributed by atoms with Crippen LogP contribution < -0.4 is 5.32 Å². The molecule has 0 radical (unpaired) electrons. The fourth-order valence-corrected chi connectivity index (χ4v) is 1.83. The third-order valence-electron chi connectivity index (χ3n) is 2.54. The summed E-state index contributed by atoms with van der Waals surface area (Å²) in [6, 6.07) is 2.12. The molecule has 0 spiro atoms. The van der Waals surface area contributed by atoms with Gasteiger partial charge in [-0.05, 0) is 12.6 Å². The fraction of sp³-hybridized carbons (Fsp3) is 0.636. The van der Waals surface area contributed by atoms with Crippen LogP contribution >= 0.6 is 0 Å². The van der Waals surface area contributed by atoms with E-state index in [-0.39, 0.29) is 12.1 Å². The molecule has 1 saturated heterocycles. The Morgan fingerprint density at radius 3 is 3.07 bits per heavy atom. The van der Waals surface area contributed by atoms with Gasteiger partial charge in [-0.1, -0.05) is 6.92 Å². The van der Waals surface area contributed by atoms with E-state index in [0.717, 1.165) is 12.1 Å². The first-order chi connectivity index (χ1) is 7.42. The summed E-state index contributed by atoms with van der Waals surface area (Å²) in [5, 5.41) is 3.39. The first kappa shape index (κ1) is 10.7. The van der Waals surface area contributed by atoms with E-state index in [1.165, 1.54) is 0 Å². The monoisotopic (exact) mass is 211 g/mol. The molecule has 4 heteroatoms. The number of likely N-dealkylation sites (N-methyl/N-ethyl adjacent to an activating group) is 1. The summed E-state index contributed by atoms with van der Waals surface area (Å²) in [6.07, 6.45) is 3.52. The highest BCUT2D eigenvalue weighted by Crippen LogP contribution is 2.21. The lowest BCUT2D eigenvalue weighted by Crippen LogP contribution is -2.40. The number of furan rings is 1. The molecule has 2 heterocycles. The zero-order chi connectivity index (χ0) is 10.5. The number of rotatable bonds is 4. The third kappa shape index (κ3) is 2.59. The van der Waals surface area contributed by atoms with Crippen LogP contribution in [0.2, 0.25) is 0 Å². The van der Waals surface area contributed by atoms with Gasteiger partial charge >= 0.3 is 0 Å². The van der Waals surface area contributed by atoms with Gasteiger partial charge in [0.25, 0.3) is 0 Å². The van der Waals surface area contributed by atoms with Crippen molar-refractivity contribution in [2.24, 2.45) is 0 Å². The molecule has 0 aliphatic carbocycles. The molecule has 1 aliphatic heterocycles. The molecule has 1 aromatic heterocycles. The summed E-state index contributed by atoms with van der Waals surface area (Å²) >= 11 is 0. The summed E-state index contributed by atoms with van der Waals surface area (Å²) in [5.74, 6) is 0. The van der Waals surface area contributed by atoms with Gasteiger partial charge in [-0.15, -0.1) is 0 Å². The Bertz CT molecular complexity index is 267. The molecule has 0 saturated carbocycles. The van der Waals surface area contributed by atoms with Crippen LogP contribution in [0.1, 0.15) is 18.5 Å². The molecule has 4 nitrogen and oxygen atoms in total. The lowest BCUT2D eigenvalue weighted by molar-refractivity contribution is -0.102. The van der Waals surface area contributed by atoms with Crippen molar-refractivity contribution in [3.8, 4) is 0 Å². The molecule has 84 valence electrons. The molecule has 0 bridgehead atoms. The summed E-state index contributed by atoms with van der Waals surface area (Å²) in [6.45, 7) is 4.99. The average Bonchev–Trinajstić information content (AvgIpc) is 2.80. The van der Waals surface area contributed by atoms with Crippen LogP contribution in [0.5, 0.6) is 0 Å². The van der Waals surface area contributed by atoms with Crippen LogP contribution in [0.4, 0.5) is 0 Å². The Labute approximate surface area is 89.6 Å². The minimum absolute atomic E-state index is 0.0799. The van der Waals surface area contributed by atoms with Crippen molar-refractivity contribution in [3.05, 3.63) is 24.2 Å². The predicted molar refractivity (Wildman–Crippen MR) is 55.7 cm³/mol. The van der Waals surface area contributed by atoms with Gasteiger partial charge in [0.1, 0.15) is 6.10 Å². The van der Waals surface area contributed by atoms with E-state index in [1.807, 2.05) is 6.07 Å². The van der Waals surface area contributed by atoms with Crippen LogP contribution in [0.15, 0.2) is 23.0 Å². The summed E-state index contributed by atoms with van der Waals surface area (Å²) in [7, 11) is 0. The van der Waals surface area contributed by atoms with E-state index >= 15 is 0 Å². The SMILES string of the molecule is CCNC(c1ccoc1)C1COCCO1. The van der Waals surface area contributed by atoms with Gasteiger partial charge in [0, 0.05) is 5.56 Å². The lowest BCUT2D eigenvalue weighted by atomic mass is 10.0. The highest BCUT2D eigenvalue weighted by molar-refractivity contribution is 5.13. The Morgan fingerprint density at radius 2 is 2.47 bits per heavy atom. The van der Waals surface area contributed by atoms with E-state index in [4.69, 9.17) is 13.9 Å². The molecule has 2 rings (SSSR count).